The van der Waals surface area contributed by atoms with E-state index in [-0.39, 0.29) is 69.0 Å². The summed E-state index contributed by atoms with van der Waals surface area (Å²) < 4.78 is 23.8. The van der Waals surface area contributed by atoms with Crippen molar-refractivity contribution >= 4 is 29.4 Å². The summed E-state index contributed by atoms with van der Waals surface area (Å²) in [6.07, 6.45) is 6.89. The van der Waals surface area contributed by atoms with Gasteiger partial charge in [-0.2, -0.15) is 0 Å². The van der Waals surface area contributed by atoms with E-state index in [2.05, 4.69) is 28.0 Å². The van der Waals surface area contributed by atoms with Crippen molar-refractivity contribution < 1.29 is 67.9 Å². The monoisotopic (exact) mass is 821 g/mol. The second kappa shape index (κ2) is 19.1. The number of carbonyl (C=O) groups excluding carboxylic acids is 5. The van der Waals surface area contributed by atoms with Crippen molar-refractivity contribution in [3.8, 4) is 0 Å². The highest BCUT2D eigenvalue weighted by Gasteiger charge is 2.75. The molecular weight excluding hydrogens is 766 g/mol. The van der Waals surface area contributed by atoms with E-state index in [0.29, 0.717) is 51.4 Å². The van der Waals surface area contributed by atoms with Crippen molar-refractivity contribution in [1.82, 2.24) is 5.32 Å². The van der Waals surface area contributed by atoms with Crippen LogP contribution in [0.25, 0.3) is 0 Å². The Kier molecular flexibility index (Phi) is 14.7. The number of unbranched alkanes of at least 4 members (excludes halogenated alkanes) is 3. The number of ether oxygens (including phenoxy) is 4. The summed E-state index contributed by atoms with van der Waals surface area (Å²) in [5.41, 5.74) is -2.00. The lowest BCUT2D eigenvalue weighted by atomic mass is 9.47. The van der Waals surface area contributed by atoms with Gasteiger partial charge in [-0.25, -0.2) is 4.79 Å². The molecule has 322 valence electrons. The van der Waals surface area contributed by atoms with Crippen molar-refractivity contribution in [2.45, 2.75) is 134 Å². The van der Waals surface area contributed by atoms with Crippen LogP contribution in [0.1, 0.15) is 104 Å². The van der Waals surface area contributed by atoms with E-state index in [9.17, 15) is 49.3 Å². The normalized spacial score (nSPS) is 32.3. The third-order valence-electron chi connectivity index (χ3n) is 12.8. The first-order valence-electron chi connectivity index (χ1n) is 20.2. The van der Waals surface area contributed by atoms with Gasteiger partial charge in [-0.3, -0.25) is 19.2 Å². The number of rotatable bonds is 22. The molecule has 5 aliphatic rings. The molecule has 1 aliphatic heterocycles. The van der Waals surface area contributed by atoms with E-state index >= 15 is 0 Å². The highest BCUT2D eigenvalue weighted by atomic mass is 17.0. The predicted molar refractivity (Wildman–Crippen MR) is 198 cm³/mol. The van der Waals surface area contributed by atoms with Crippen molar-refractivity contribution in [2.24, 2.45) is 28.6 Å². The van der Waals surface area contributed by atoms with Crippen LogP contribution in [0.4, 0.5) is 0 Å². The standard InChI is InChI=1S/C39H55N3O16/c1-4-10-34-57-31-20-27-26-13-12-24-19-25(43)14-15-37(24,2)35(26)29(44)22-38(27,3)39(31,58-34)30(45)23-54-33(47)21-28(36(48)53-16-8-9-18-56-42(51)52)40-32(46)11-6-5-7-17-55-41(49)50/h12,14-15,26-29,31,34-35,44H,4-11,13,16-23H2,1-3H3,(H,40,46)/t26-,27-,28?,29-,31+,34?,35+,37-,38-,39?/m0/s1. The van der Waals surface area contributed by atoms with Crippen molar-refractivity contribution in [1.29, 1.82) is 0 Å². The number of aliphatic hydroxyl groups excluding tert-OH is 1. The van der Waals surface area contributed by atoms with E-state index in [1.807, 2.05) is 19.9 Å². The molecule has 19 nitrogen and oxygen atoms in total. The number of ketones is 2. The van der Waals surface area contributed by atoms with E-state index in [1.165, 1.54) is 0 Å². The van der Waals surface area contributed by atoms with Crippen molar-refractivity contribution in [3.05, 3.63) is 44.0 Å². The van der Waals surface area contributed by atoms with Gasteiger partial charge in [0.1, 0.15) is 6.04 Å². The topological polar surface area (TPSA) is 259 Å². The zero-order chi connectivity index (χ0) is 42.3. The molecule has 2 N–H and O–H groups in total. The molecule has 0 aromatic rings. The largest absolute Gasteiger partial charge is 0.464 e. The number of Topliss-reactive ketones (excluding diaryl/α,β-unsaturated/α-hetero) is 1. The highest BCUT2D eigenvalue weighted by molar-refractivity contribution is 5.94. The minimum atomic E-state index is -1.55. The average molecular weight is 822 g/mol. The number of carbonyl (C=O) groups is 5. The number of allylic oxidation sites excluding steroid dienone is 4. The summed E-state index contributed by atoms with van der Waals surface area (Å²) in [7, 11) is 0. The van der Waals surface area contributed by atoms with E-state index in [4.69, 9.17) is 18.9 Å². The Balaban J connectivity index is 1.26. The van der Waals surface area contributed by atoms with Crippen LogP contribution in [-0.4, -0.2) is 101 Å². The Morgan fingerprint density at radius 3 is 2.40 bits per heavy atom. The molecule has 1 saturated heterocycles. The Morgan fingerprint density at radius 1 is 1.02 bits per heavy atom. The van der Waals surface area contributed by atoms with Gasteiger partial charge in [0.05, 0.1) is 38.4 Å². The maximum Gasteiger partial charge on any atom is 0.329 e. The minimum Gasteiger partial charge on any atom is -0.464 e. The van der Waals surface area contributed by atoms with Crippen LogP contribution >= 0.6 is 0 Å². The maximum atomic E-state index is 14.6. The summed E-state index contributed by atoms with van der Waals surface area (Å²) >= 11 is 0. The molecule has 0 bridgehead atoms. The molecule has 1 amide bonds. The van der Waals surface area contributed by atoms with Gasteiger partial charge in [-0.05, 0) is 69.3 Å². The molecule has 4 aliphatic carbocycles. The third kappa shape index (κ3) is 9.52. The van der Waals surface area contributed by atoms with E-state index in [1.54, 1.807) is 6.08 Å². The van der Waals surface area contributed by atoms with Crippen LogP contribution in [0.5, 0.6) is 0 Å². The third-order valence-corrected chi connectivity index (χ3v) is 12.8. The number of hydrogen-bond acceptors (Lipinski definition) is 16. The second-order valence-electron chi connectivity index (χ2n) is 16.3. The van der Waals surface area contributed by atoms with Crippen LogP contribution < -0.4 is 5.32 Å². The van der Waals surface area contributed by atoms with Gasteiger partial charge in [0.25, 0.3) is 10.2 Å². The molecule has 3 fully saturated rings. The SMILES string of the molecule is CCCC1O[C@@H]2C[C@H]3[C@@H]4CC=C5CC(=O)C=C[C@]5(C)[C@H]4[C@@H](O)C[C@]3(C)C2(C(=O)COC(=O)CC(NC(=O)CCCCCO[N+](=O)[O-])C(=O)OCCCCO[N+](=O)[O-])O1. The smallest absolute Gasteiger partial charge is 0.329 e. The van der Waals surface area contributed by atoms with Gasteiger partial charge in [-0.15, -0.1) is 20.2 Å². The number of fused-ring (bicyclic) bond motifs is 7. The summed E-state index contributed by atoms with van der Waals surface area (Å²) in [6.45, 7) is 4.69. The number of nitrogens with one attached hydrogen (secondary N) is 1. The molecule has 2 saturated carbocycles. The van der Waals surface area contributed by atoms with Gasteiger partial charge in [0, 0.05) is 29.6 Å². The summed E-state index contributed by atoms with van der Waals surface area (Å²) in [5, 5.41) is 33.3. The summed E-state index contributed by atoms with van der Waals surface area (Å²) in [5.74, 6) is -3.44. The minimum absolute atomic E-state index is 0.0226. The number of esters is 2. The molecule has 5 rings (SSSR count). The molecule has 0 aromatic carbocycles. The molecule has 0 spiro atoms. The zero-order valence-electron chi connectivity index (χ0n) is 33.3. The average Bonchev–Trinajstić information content (AvgIpc) is 3.64. The quantitative estimate of drug-likeness (QED) is 0.0521. The van der Waals surface area contributed by atoms with Crippen LogP contribution in [0.3, 0.4) is 0 Å². The molecule has 1 heterocycles. The Hall–Kier alpha value is -4.49. The lowest BCUT2D eigenvalue weighted by molar-refractivity contribution is -0.757. The van der Waals surface area contributed by atoms with Crippen LogP contribution in [0.2, 0.25) is 0 Å². The molecule has 0 aromatic heterocycles. The Bertz CT molecular complexity index is 1650. The van der Waals surface area contributed by atoms with E-state index < -0.39 is 87.8 Å². The lowest BCUT2D eigenvalue weighted by Gasteiger charge is -2.59. The molecule has 10 atom stereocenters. The summed E-state index contributed by atoms with van der Waals surface area (Å²) in [4.78, 5) is 95.3. The van der Waals surface area contributed by atoms with Crippen molar-refractivity contribution in [3.63, 3.8) is 0 Å². The fourth-order valence-electron chi connectivity index (χ4n) is 10.2. The van der Waals surface area contributed by atoms with Gasteiger partial charge in [0.2, 0.25) is 11.7 Å². The first kappa shape index (κ1) is 44.6. The lowest BCUT2D eigenvalue weighted by Crippen LogP contribution is -2.63. The fraction of sp³-hybridized carbons (Fsp3) is 0.769. The Morgan fingerprint density at radius 2 is 1.71 bits per heavy atom. The number of aliphatic hydroxyl groups is 1. The van der Waals surface area contributed by atoms with E-state index in [0.717, 1.165) is 5.57 Å². The number of nitrogens with zero attached hydrogens (tertiary/aromatic N) is 2. The predicted octanol–water partition coefficient (Wildman–Crippen LogP) is 3.44. The highest BCUT2D eigenvalue weighted by Crippen LogP contribution is 2.69. The molecule has 0 radical (unpaired) electrons. The first-order chi connectivity index (χ1) is 27.5. The molecule has 58 heavy (non-hydrogen) atoms. The van der Waals surface area contributed by atoms with Crippen LogP contribution in [0.15, 0.2) is 23.8 Å². The van der Waals surface area contributed by atoms with Gasteiger partial charge < -0.3 is 39.0 Å². The van der Waals surface area contributed by atoms with Gasteiger partial charge in [0.15, 0.2) is 24.3 Å². The summed E-state index contributed by atoms with van der Waals surface area (Å²) in [6, 6.07) is -1.50. The molecular formula is C39H55N3O16. The Labute approximate surface area is 335 Å². The second-order valence-corrected chi connectivity index (χ2v) is 16.3. The maximum absolute atomic E-state index is 14.6. The first-order valence-corrected chi connectivity index (χ1v) is 20.2. The van der Waals surface area contributed by atoms with Gasteiger partial charge in [-0.1, -0.05) is 51.3 Å². The zero-order valence-corrected chi connectivity index (χ0v) is 33.3. The number of amides is 1. The molecule has 19 heteroatoms. The fourth-order valence-corrected chi connectivity index (χ4v) is 10.2. The van der Waals surface area contributed by atoms with Crippen LogP contribution in [0, 0.1) is 48.8 Å². The van der Waals surface area contributed by atoms with Crippen LogP contribution in [-0.2, 0) is 52.6 Å². The molecule has 3 unspecified atom stereocenters. The van der Waals surface area contributed by atoms with Gasteiger partial charge >= 0.3 is 11.9 Å². The number of hydrogen-bond donors (Lipinski definition) is 2. The van der Waals surface area contributed by atoms with Crippen molar-refractivity contribution in [2.75, 3.05) is 26.4 Å².